The van der Waals surface area contributed by atoms with E-state index in [0.717, 1.165) is 12.8 Å². The first-order valence-electron chi connectivity index (χ1n) is 6.86. The number of nitrogens with one attached hydrogen (secondary N) is 1. The van der Waals surface area contributed by atoms with E-state index in [1.165, 1.54) is 6.07 Å². The van der Waals surface area contributed by atoms with Gasteiger partial charge in [0.05, 0.1) is 5.41 Å². The van der Waals surface area contributed by atoms with Crippen LogP contribution in [0.2, 0.25) is 0 Å². The van der Waals surface area contributed by atoms with Gasteiger partial charge in [0.2, 0.25) is 11.8 Å². The van der Waals surface area contributed by atoms with E-state index < -0.39 is 17.3 Å². The number of carbonyl (C=O) groups excluding carboxylic acids is 2. The number of benzene rings is 1. The number of carboxylic acids is 1. The third kappa shape index (κ3) is 3.39. The van der Waals surface area contributed by atoms with Crippen LogP contribution in [0.1, 0.15) is 42.5 Å². The zero-order valence-corrected chi connectivity index (χ0v) is 11.6. The molecule has 0 saturated heterocycles. The minimum Gasteiger partial charge on any atom is -0.481 e. The van der Waals surface area contributed by atoms with Crippen LogP contribution in [-0.4, -0.2) is 22.9 Å². The molecule has 2 amide bonds. The fourth-order valence-corrected chi connectivity index (χ4v) is 2.78. The summed E-state index contributed by atoms with van der Waals surface area (Å²) in [6, 6.07) is 6.26. The van der Waals surface area contributed by atoms with Gasteiger partial charge in [-0.3, -0.25) is 14.4 Å². The highest BCUT2D eigenvalue weighted by Crippen LogP contribution is 2.41. The summed E-state index contributed by atoms with van der Waals surface area (Å²) in [6.07, 6.45) is 2.66. The number of amides is 2. The van der Waals surface area contributed by atoms with Crippen molar-refractivity contribution in [1.82, 2.24) is 0 Å². The van der Waals surface area contributed by atoms with E-state index in [1.54, 1.807) is 18.2 Å². The summed E-state index contributed by atoms with van der Waals surface area (Å²) in [6.45, 7) is 0. The molecule has 1 aliphatic carbocycles. The van der Waals surface area contributed by atoms with Crippen LogP contribution in [0, 0.1) is 5.41 Å². The van der Waals surface area contributed by atoms with Crippen molar-refractivity contribution in [2.75, 3.05) is 5.32 Å². The Morgan fingerprint density at radius 3 is 2.48 bits per heavy atom. The Kier molecular flexibility index (Phi) is 4.26. The average molecular weight is 290 g/mol. The van der Waals surface area contributed by atoms with Gasteiger partial charge >= 0.3 is 5.97 Å². The fourth-order valence-electron chi connectivity index (χ4n) is 2.78. The summed E-state index contributed by atoms with van der Waals surface area (Å²) in [4.78, 5) is 34.6. The molecule has 21 heavy (non-hydrogen) atoms. The van der Waals surface area contributed by atoms with Crippen LogP contribution in [0.25, 0.3) is 0 Å². The van der Waals surface area contributed by atoms with Crippen molar-refractivity contribution >= 4 is 23.5 Å². The molecule has 0 radical (unpaired) electrons. The molecule has 0 unspecified atom stereocenters. The van der Waals surface area contributed by atoms with Crippen molar-refractivity contribution in [3.8, 4) is 0 Å². The largest absolute Gasteiger partial charge is 0.481 e. The van der Waals surface area contributed by atoms with E-state index in [0.29, 0.717) is 24.1 Å². The zero-order valence-electron chi connectivity index (χ0n) is 11.6. The number of carbonyl (C=O) groups is 3. The molecule has 4 N–H and O–H groups in total. The average Bonchev–Trinajstić information content (AvgIpc) is 2.88. The number of rotatable bonds is 5. The molecule has 1 fully saturated rings. The SMILES string of the molecule is NC(=O)c1cccc(NC(=O)CC2(C(=O)O)CCCC2)c1. The standard InChI is InChI=1S/C15H18N2O4/c16-13(19)10-4-3-5-11(8-10)17-12(18)9-15(14(20)21)6-1-2-7-15/h3-5,8H,1-2,6-7,9H2,(H2,16,19)(H,17,18)(H,20,21). The van der Waals surface area contributed by atoms with Gasteiger partial charge in [-0.05, 0) is 31.0 Å². The van der Waals surface area contributed by atoms with Crippen molar-refractivity contribution < 1.29 is 19.5 Å². The Bertz CT molecular complexity index is 577. The molecule has 6 heteroatoms. The van der Waals surface area contributed by atoms with E-state index in [-0.39, 0.29) is 12.3 Å². The van der Waals surface area contributed by atoms with Crippen LogP contribution in [0.4, 0.5) is 5.69 Å². The summed E-state index contributed by atoms with van der Waals surface area (Å²) in [5.74, 6) is -1.86. The Hall–Kier alpha value is -2.37. The lowest BCUT2D eigenvalue weighted by Gasteiger charge is -2.22. The molecule has 0 heterocycles. The highest BCUT2D eigenvalue weighted by molar-refractivity contribution is 5.97. The van der Waals surface area contributed by atoms with Gasteiger partial charge in [-0.1, -0.05) is 18.9 Å². The molecular formula is C15H18N2O4. The molecule has 0 aliphatic heterocycles. The van der Waals surface area contributed by atoms with Gasteiger partial charge in [0.1, 0.15) is 0 Å². The summed E-state index contributed by atoms with van der Waals surface area (Å²) in [5, 5.41) is 12.0. The highest BCUT2D eigenvalue weighted by atomic mass is 16.4. The number of hydrogen-bond acceptors (Lipinski definition) is 3. The van der Waals surface area contributed by atoms with Gasteiger partial charge < -0.3 is 16.2 Å². The first-order valence-corrected chi connectivity index (χ1v) is 6.86. The fraction of sp³-hybridized carbons (Fsp3) is 0.400. The van der Waals surface area contributed by atoms with E-state index in [1.807, 2.05) is 0 Å². The van der Waals surface area contributed by atoms with Gasteiger partial charge in [-0.15, -0.1) is 0 Å². The zero-order chi connectivity index (χ0) is 15.5. The quantitative estimate of drug-likeness (QED) is 0.767. The lowest BCUT2D eigenvalue weighted by molar-refractivity contribution is -0.150. The van der Waals surface area contributed by atoms with Crippen molar-refractivity contribution in [3.63, 3.8) is 0 Å². The van der Waals surface area contributed by atoms with Crippen LogP contribution in [0.5, 0.6) is 0 Å². The molecule has 0 spiro atoms. The smallest absolute Gasteiger partial charge is 0.310 e. The van der Waals surface area contributed by atoms with Gasteiger partial charge in [-0.2, -0.15) is 0 Å². The molecule has 1 aromatic carbocycles. The second kappa shape index (κ2) is 5.95. The second-order valence-corrected chi connectivity index (χ2v) is 5.46. The third-order valence-electron chi connectivity index (χ3n) is 3.94. The molecule has 1 aromatic rings. The Morgan fingerprint density at radius 2 is 1.90 bits per heavy atom. The third-order valence-corrected chi connectivity index (χ3v) is 3.94. The topological polar surface area (TPSA) is 109 Å². The summed E-state index contributed by atoms with van der Waals surface area (Å²) >= 11 is 0. The van der Waals surface area contributed by atoms with E-state index >= 15 is 0 Å². The minimum absolute atomic E-state index is 0.0524. The van der Waals surface area contributed by atoms with E-state index in [9.17, 15) is 19.5 Å². The number of anilines is 1. The number of aliphatic carboxylic acids is 1. The Balaban J connectivity index is 2.06. The Morgan fingerprint density at radius 1 is 1.24 bits per heavy atom. The van der Waals surface area contributed by atoms with Gasteiger partial charge in [-0.25, -0.2) is 0 Å². The van der Waals surface area contributed by atoms with Crippen molar-refractivity contribution in [2.24, 2.45) is 11.1 Å². The monoisotopic (exact) mass is 290 g/mol. The number of nitrogens with two attached hydrogens (primary N) is 1. The summed E-state index contributed by atoms with van der Waals surface area (Å²) in [7, 11) is 0. The molecule has 6 nitrogen and oxygen atoms in total. The number of hydrogen-bond donors (Lipinski definition) is 3. The molecule has 2 rings (SSSR count). The maximum Gasteiger partial charge on any atom is 0.310 e. The highest BCUT2D eigenvalue weighted by Gasteiger charge is 2.42. The van der Waals surface area contributed by atoms with E-state index in [4.69, 9.17) is 5.73 Å². The van der Waals surface area contributed by atoms with Crippen molar-refractivity contribution in [1.29, 1.82) is 0 Å². The molecular weight excluding hydrogens is 272 g/mol. The summed E-state index contributed by atoms with van der Waals surface area (Å²) < 4.78 is 0. The number of primary amides is 1. The predicted molar refractivity (Wildman–Crippen MR) is 76.7 cm³/mol. The van der Waals surface area contributed by atoms with Gasteiger partial charge in [0.15, 0.2) is 0 Å². The van der Waals surface area contributed by atoms with Gasteiger partial charge in [0, 0.05) is 17.7 Å². The molecule has 0 atom stereocenters. The molecule has 0 bridgehead atoms. The lowest BCUT2D eigenvalue weighted by atomic mass is 9.82. The minimum atomic E-state index is -0.953. The molecule has 1 aliphatic rings. The molecule has 0 aromatic heterocycles. The van der Waals surface area contributed by atoms with Crippen LogP contribution < -0.4 is 11.1 Å². The van der Waals surface area contributed by atoms with Crippen LogP contribution in [0.15, 0.2) is 24.3 Å². The maximum atomic E-state index is 12.1. The van der Waals surface area contributed by atoms with E-state index in [2.05, 4.69) is 5.32 Å². The maximum absolute atomic E-state index is 12.1. The second-order valence-electron chi connectivity index (χ2n) is 5.46. The predicted octanol–water partition coefficient (Wildman–Crippen LogP) is 1.76. The van der Waals surface area contributed by atoms with Crippen LogP contribution in [0.3, 0.4) is 0 Å². The number of carboxylic acid groups (broad SMARTS) is 1. The van der Waals surface area contributed by atoms with Crippen molar-refractivity contribution in [3.05, 3.63) is 29.8 Å². The normalized spacial score (nSPS) is 16.4. The first kappa shape index (κ1) is 15.0. The van der Waals surface area contributed by atoms with Crippen LogP contribution in [-0.2, 0) is 9.59 Å². The molecule has 1 saturated carbocycles. The first-order chi connectivity index (χ1) is 9.93. The Labute approximate surface area is 122 Å². The summed E-state index contributed by atoms with van der Waals surface area (Å²) in [5.41, 5.74) is 4.96. The molecule has 112 valence electrons. The van der Waals surface area contributed by atoms with Crippen LogP contribution >= 0.6 is 0 Å². The lowest BCUT2D eigenvalue weighted by Crippen LogP contribution is -2.32. The van der Waals surface area contributed by atoms with Crippen molar-refractivity contribution in [2.45, 2.75) is 32.1 Å². The van der Waals surface area contributed by atoms with Gasteiger partial charge in [0.25, 0.3) is 0 Å².